The van der Waals surface area contributed by atoms with Crippen molar-refractivity contribution in [1.29, 1.82) is 0 Å². The van der Waals surface area contributed by atoms with Gasteiger partial charge in [-0.05, 0) is 5.56 Å². The summed E-state index contributed by atoms with van der Waals surface area (Å²) in [5.74, 6) is 0.409. The predicted octanol–water partition coefficient (Wildman–Crippen LogP) is 2.78. The predicted molar refractivity (Wildman–Crippen MR) is 81.0 cm³/mol. The highest BCUT2D eigenvalue weighted by Gasteiger charge is 2.39. The number of hydrogen-bond donors (Lipinski definition) is 1. The molecule has 108 valence electrons. The van der Waals surface area contributed by atoms with Crippen molar-refractivity contribution < 1.29 is 13.7 Å². The first kappa shape index (κ1) is 14.0. The Labute approximate surface area is 130 Å². The van der Waals surface area contributed by atoms with Gasteiger partial charge in [-0.25, -0.2) is 4.98 Å². The van der Waals surface area contributed by atoms with Crippen LogP contribution in [0, 0.1) is 0 Å². The van der Waals surface area contributed by atoms with E-state index in [1.807, 2.05) is 30.3 Å². The Morgan fingerprint density at radius 1 is 1.38 bits per heavy atom. The molecule has 0 bridgehead atoms. The van der Waals surface area contributed by atoms with Crippen molar-refractivity contribution >= 4 is 29.2 Å². The van der Waals surface area contributed by atoms with Crippen molar-refractivity contribution in [3.63, 3.8) is 0 Å². The van der Waals surface area contributed by atoms with Crippen LogP contribution >= 0.6 is 23.4 Å². The molecule has 7 heteroatoms. The number of hydrogen-bond acceptors (Lipinski definition) is 7. The molecular formula is C14H12N2O3S2. The molecule has 1 aromatic heterocycles. The fourth-order valence-corrected chi connectivity index (χ4v) is 3.14. The molecule has 1 atom stereocenters. The van der Waals surface area contributed by atoms with Gasteiger partial charge in [0, 0.05) is 11.6 Å². The van der Waals surface area contributed by atoms with Gasteiger partial charge in [-0.3, -0.25) is 4.79 Å². The summed E-state index contributed by atoms with van der Waals surface area (Å²) >= 11 is 2.50. The molecule has 0 radical (unpaired) electrons. The number of carbonyl (C=O) groups excluding carboxylic acids is 1. The van der Waals surface area contributed by atoms with E-state index in [9.17, 15) is 4.79 Å². The minimum absolute atomic E-state index is 0.0146. The first-order valence-electron chi connectivity index (χ1n) is 6.19. The average molecular weight is 320 g/mol. The van der Waals surface area contributed by atoms with E-state index >= 15 is 0 Å². The van der Waals surface area contributed by atoms with Gasteiger partial charge in [-0.15, -0.1) is 11.3 Å². The quantitative estimate of drug-likeness (QED) is 0.854. The molecule has 3 rings (SSSR count). The highest BCUT2D eigenvalue weighted by Crippen LogP contribution is 2.34. The van der Waals surface area contributed by atoms with Gasteiger partial charge in [0.2, 0.25) is 17.7 Å². The topological polar surface area (TPSA) is 74.4 Å². The fraction of sp³-hybridized carbons (Fsp3) is 0.143. The molecule has 2 aromatic rings. The van der Waals surface area contributed by atoms with E-state index in [4.69, 9.17) is 14.7 Å². The van der Waals surface area contributed by atoms with Crippen molar-refractivity contribution in [3.8, 4) is 0 Å². The van der Waals surface area contributed by atoms with Crippen molar-refractivity contribution in [1.82, 2.24) is 4.98 Å². The Kier molecular flexibility index (Phi) is 4.12. The standard InChI is InChI=1S/C14H12N2O3S2/c15-13-11(19-21-8-9-4-2-1-3-5-9)10(17)12(18-13)14-16-6-7-20-14/h1-7,12H,8,15H2. The number of carbonyl (C=O) groups is 1. The number of aromatic nitrogens is 1. The molecule has 1 aromatic carbocycles. The van der Waals surface area contributed by atoms with E-state index in [0.29, 0.717) is 10.8 Å². The molecular weight excluding hydrogens is 308 g/mol. The zero-order chi connectivity index (χ0) is 14.7. The third-order valence-corrected chi connectivity index (χ3v) is 4.37. The molecule has 1 unspecified atom stereocenters. The van der Waals surface area contributed by atoms with Gasteiger partial charge in [-0.1, -0.05) is 30.3 Å². The SMILES string of the molecule is NC1=C(OSCc2ccccc2)C(=O)C(c2nccs2)O1. The van der Waals surface area contributed by atoms with Crippen LogP contribution in [0.2, 0.25) is 0 Å². The summed E-state index contributed by atoms with van der Waals surface area (Å²) in [7, 11) is 0. The number of ether oxygens (including phenoxy) is 1. The number of Topliss-reactive ketones (excluding diaryl/α,β-unsaturated/α-hetero) is 1. The molecule has 0 fully saturated rings. The second kappa shape index (κ2) is 6.19. The van der Waals surface area contributed by atoms with Crippen LogP contribution in [0.1, 0.15) is 16.7 Å². The molecule has 2 N–H and O–H groups in total. The van der Waals surface area contributed by atoms with Gasteiger partial charge in [0.05, 0.1) is 17.8 Å². The molecule has 0 spiro atoms. The lowest BCUT2D eigenvalue weighted by atomic mass is 10.2. The van der Waals surface area contributed by atoms with Crippen molar-refractivity contribution in [2.45, 2.75) is 11.9 Å². The Balaban J connectivity index is 1.60. The highest BCUT2D eigenvalue weighted by molar-refractivity contribution is 7.94. The van der Waals surface area contributed by atoms with Crippen LogP contribution in [0.25, 0.3) is 0 Å². The summed E-state index contributed by atoms with van der Waals surface area (Å²) in [5, 5.41) is 2.36. The zero-order valence-electron chi connectivity index (χ0n) is 10.9. The van der Waals surface area contributed by atoms with Crippen LogP contribution in [-0.4, -0.2) is 10.8 Å². The molecule has 21 heavy (non-hydrogen) atoms. The first-order valence-corrected chi connectivity index (χ1v) is 7.98. The number of benzene rings is 1. The Hall–Kier alpha value is -1.99. The molecule has 0 saturated heterocycles. The summed E-state index contributed by atoms with van der Waals surface area (Å²) in [5.41, 5.74) is 6.82. The van der Waals surface area contributed by atoms with E-state index < -0.39 is 6.10 Å². The van der Waals surface area contributed by atoms with Crippen molar-refractivity contribution in [2.24, 2.45) is 5.73 Å². The average Bonchev–Trinajstić information content (AvgIpc) is 3.11. The smallest absolute Gasteiger partial charge is 0.252 e. The number of rotatable bonds is 5. The van der Waals surface area contributed by atoms with Crippen molar-refractivity contribution in [3.05, 3.63) is 64.1 Å². The molecule has 0 amide bonds. The van der Waals surface area contributed by atoms with Crippen molar-refractivity contribution in [2.75, 3.05) is 0 Å². The van der Waals surface area contributed by atoms with Crippen LogP contribution < -0.4 is 5.73 Å². The zero-order valence-corrected chi connectivity index (χ0v) is 12.5. The largest absolute Gasteiger partial charge is 0.457 e. The Bertz CT molecular complexity index is 656. The van der Waals surface area contributed by atoms with Crippen LogP contribution in [0.15, 0.2) is 53.6 Å². The summed E-state index contributed by atoms with van der Waals surface area (Å²) in [4.78, 5) is 16.3. The molecule has 2 heterocycles. The number of nitrogens with two attached hydrogens (primary N) is 1. The number of nitrogens with zero attached hydrogens (tertiary/aromatic N) is 1. The van der Waals surface area contributed by atoms with E-state index in [-0.39, 0.29) is 17.4 Å². The Morgan fingerprint density at radius 3 is 2.90 bits per heavy atom. The van der Waals surface area contributed by atoms with Gasteiger partial charge in [0.25, 0.3) is 5.78 Å². The van der Waals surface area contributed by atoms with E-state index in [1.54, 1.807) is 11.6 Å². The van der Waals surface area contributed by atoms with Gasteiger partial charge < -0.3 is 14.7 Å². The molecule has 1 aliphatic heterocycles. The summed E-state index contributed by atoms with van der Waals surface area (Å²) in [6.45, 7) is 0. The van der Waals surface area contributed by atoms with E-state index in [1.165, 1.54) is 11.3 Å². The van der Waals surface area contributed by atoms with Gasteiger partial charge in [-0.2, -0.15) is 0 Å². The first-order chi connectivity index (χ1) is 10.3. The van der Waals surface area contributed by atoms with Crippen LogP contribution in [0.4, 0.5) is 0 Å². The minimum Gasteiger partial charge on any atom is -0.457 e. The molecule has 5 nitrogen and oxygen atoms in total. The van der Waals surface area contributed by atoms with Gasteiger partial charge >= 0.3 is 0 Å². The second-order valence-electron chi connectivity index (χ2n) is 4.26. The summed E-state index contributed by atoms with van der Waals surface area (Å²) in [6, 6.07) is 9.82. The van der Waals surface area contributed by atoms with Gasteiger partial charge in [0.1, 0.15) is 5.01 Å². The lowest BCUT2D eigenvalue weighted by Gasteiger charge is -2.05. The Morgan fingerprint density at radius 2 is 2.19 bits per heavy atom. The maximum atomic E-state index is 12.2. The lowest BCUT2D eigenvalue weighted by molar-refractivity contribution is -0.122. The lowest BCUT2D eigenvalue weighted by Crippen LogP contribution is -2.10. The number of ketones is 1. The van der Waals surface area contributed by atoms with Crippen LogP contribution in [0.3, 0.4) is 0 Å². The second-order valence-corrected chi connectivity index (χ2v) is 5.87. The maximum Gasteiger partial charge on any atom is 0.252 e. The fourth-order valence-electron chi connectivity index (χ4n) is 1.81. The number of thiazole rings is 1. The van der Waals surface area contributed by atoms with E-state index in [2.05, 4.69) is 4.98 Å². The van der Waals surface area contributed by atoms with E-state index in [0.717, 1.165) is 17.6 Å². The van der Waals surface area contributed by atoms with Crippen LogP contribution in [-0.2, 0) is 19.5 Å². The third kappa shape index (κ3) is 3.03. The summed E-state index contributed by atoms with van der Waals surface area (Å²) in [6.07, 6.45) is 0.841. The molecule has 0 aliphatic carbocycles. The normalized spacial score (nSPS) is 17.9. The minimum atomic E-state index is -0.780. The van der Waals surface area contributed by atoms with Crippen LogP contribution in [0.5, 0.6) is 0 Å². The molecule has 0 saturated carbocycles. The highest BCUT2D eigenvalue weighted by atomic mass is 32.2. The monoisotopic (exact) mass is 320 g/mol. The third-order valence-electron chi connectivity index (χ3n) is 2.82. The maximum absolute atomic E-state index is 12.2. The molecule has 1 aliphatic rings. The van der Waals surface area contributed by atoms with Gasteiger partial charge in [0.15, 0.2) is 0 Å². The summed E-state index contributed by atoms with van der Waals surface area (Å²) < 4.78 is 10.8.